The van der Waals surface area contributed by atoms with Gasteiger partial charge in [0.1, 0.15) is 6.26 Å². The maximum atomic E-state index is 11.6. The Labute approximate surface area is 111 Å². The van der Waals surface area contributed by atoms with Crippen molar-refractivity contribution in [2.45, 2.75) is 13.5 Å². The van der Waals surface area contributed by atoms with Gasteiger partial charge in [-0.25, -0.2) is 4.98 Å². The Hall–Kier alpha value is -1.66. The summed E-state index contributed by atoms with van der Waals surface area (Å²) in [5.41, 5.74) is 1.72. The first-order valence-electron chi connectivity index (χ1n) is 5.37. The molecule has 0 saturated carbocycles. The van der Waals surface area contributed by atoms with E-state index >= 15 is 0 Å². The smallest absolute Gasteiger partial charge is 0.307 e. The Balaban J connectivity index is 1.89. The molecular weight excluding hydrogens is 268 g/mol. The third-order valence-corrected chi connectivity index (χ3v) is 4.32. The first kappa shape index (κ1) is 11.4. The lowest BCUT2D eigenvalue weighted by Gasteiger charge is -1.99. The summed E-state index contributed by atoms with van der Waals surface area (Å²) in [6.07, 6.45) is 1.61. The quantitative estimate of drug-likeness (QED) is 0.740. The molecule has 0 atom stereocenters. The fourth-order valence-electron chi connectivity index (χ4n) is 1.65. The number of nitrogens with zero attached hydrogens (tertiary/aromatic N) is 2. The molecule has 0 saturated heterocycles. The van der Waals surface area contributed by atoms with Crippen molar-refractivity contribution in [3.8, 4) is 10.8 Å². The molecule has 0 aliphatic heterocycles. The molecule has 0 radical (unpaired) electrons. The lowest BCUT2D eigenvalue weighted by molar-refractivity contribution is 0.572. The summed E-state index contributed by atoms with van der Waals surface area (Å²) in [5.74, 6) is 0.612. The number of oxazole rings is 1. The molecule has 0 fully saturated rings. The van der Waals surface area contributed by atoms with Crippen LogP contribution in [0.3, 0.4) is 0 Å². The molecule has 3 rings (SSSR count). The second-order valence-electron chi connectivity index (χ2n) is 3.85. The van der Waals surface area contributed by atoms with E-state index in [1.807, 2.05) is 29.8 Å². The first-order chi connectivity index (χ1) is 8.74. The van der Waals surface area contributed by atoms with Crippen molar-refractivity contribution >= 4 is 22.7 Å². The van der Waals surface area contributed by atoms with Crippen molar-refractivity contribution in [3.63, 3.8) is 0 Å². The molecule has 0 aromatic carbocycles. The molecule has 3 aromatic rings. The zero-order valence-corrected chi connectivity index (χ0v) is 11.3. The van der Waals surface area contributed by atoms with Gasteiger partial charge in [0.05, 0.1) is 17.1 Å². The van der Waals surface area contributed by atoms with Gasteiger partial charge in [-0.15, -0.1) is 11.3 Å². The third kappa shape index (κ3) is 2.04. The molecule has 18 heavy (non-hydrogen) atoms. The van der Waals surface area contributed by atoms with Gasteiger partial charge in [-0.2, -0.15) is 0 Å². The Bertz CT molecular complexity index is 707. The summed E-state index contributed by atoms with van der Waals surface area (Å²) >= 11 is 2.79. The second kappa shape index (κ2) is 4.55. The average Bonchev–Trinajstić information content (AvgIpc) is 3.06. The van der Waals surface area contributed by atoms with Crippen molar-refractivity contribution in [2.75, 3.05) is 0 Å². The summed E-state index contributed by atoms with van der Waals surface area (Å²) in [6.45, 7) is 2.38. The van der Waals surface area contributed by atoms with Gasteiger partial charge in [-0.3, -0.25) is 9.36 Å². The molecule has 92 valence electrons. The summed E-state index contributed by atoms with van der Waals surface area (Å²) in [6, 6.07) is 3.92. The first-order valence-corrected chi connectivity index (χ1v) is 7.13. The Kier molecular flexibility index (Phi) is 2.89. The van der Waals surface area contributed by atoms with Crippen LogP contribution in [0.1, 0.15) is 11.4 Å². The Morgan fingerprint density at radius 3 is 3.00 bits per heavy atom. The van der Waals surface area contributed by atoms with Crippen molar-refractivity contribution in [2.24, 2.45) is 0 Å². The van der Waals surface area contributed by atoms with Crippen LogP contribution in [0.2, 0.25) is 0 Å². The van der Waals surface area contributed by atoms with Gasteiger partial charge in [-0.05, 0) is 18.4 Å². The minimum Gasteiger partial charge on any atom is -0.443 e. The highest BCUT2D eigenvalue weighted by atomic mass is 32.1. The fraction of sp³-hybridized carbons (Fsp3) is 0.167. The zero-order valence-electron chi connectivity index (χ0n) is 9.62. The minimum absolute atomic E-state index is 0.0353. The van der Waals surface area contributed by atoms with Crippen LogP contribution in [-0.2, 0) is 6.54 Å². The van der Waals surface area contributed by atoms with Crippen LogP contribution in [0.15, 0.2) is 38.4 Å². The molecule has 4 nitrogen and oxygen atoms in total. The van der Waals surface area contributed by atoms with E-state index in [2.05, 4.69) is 4.98 Å². The molecule has 0 aliphatic rings. The number of thiazole rings is 1. The molecule has 0 amide bonds. The van der Waals surface area contributed by atoms with Crippen LogP contribution < -0.4 is 4.87 Å². The SMILES string of the molecule is Cc1csc(=O)n1Cc1coc(-c2cccs2)n1. The van der Waals surface area contributed by atoms with Gasteiger partial charge in [0.2, 0.25) is 5.89 Å². The van der Waals surface area contributed by atoms with E-state index in [-0.39, 0.29) is 4.87 Å². The zero-order chi connectivity index (χ0) is 12.5. The van der Waals surface area contributed by atoms with Crippen LogP contribution in [0, 0.1) is 6.92 Å². The second-order valence-corrected chi connectivity index (χ2v) is 5.62. The van der Waals surface area contributed by atoms with E-state index < -0.39 is 0 Å². The Morgan fingerprint density at radius 2 is 2.33 bits per heavy atom. The van der Waals surface area contributed by atoms with Crippen molar-refractivity contribution in [1.82, 2.24) is 9.55 Å². The normalized spacial score (nSPS) is 10.9. The van der Waals surface area contributed by atoms with E-state index in [1.165, 1.54) is 11.3 Å². The van der Waals surface area contributed by atoms with E-state index in [1.54, 1.807) is 22.2 Å². The van der Waals surface area contributed by atoms with Crippen molar-refractivity contribution in [3.05, 3.63) is 50.2 Å². The van der Waals surface area contributed by atoms with Crippen molar-refractivity contribution < 1.29 is 4.42 Å². The van der Waals surface area contributed by atoms with Crippen LogP contribution in [0.25, 0.3) is 10.8 Å². The van der Waals surface area contributed by atoms with Gasteiger partial charge in [0.15, 0.2) is 0 Å². The molecule has 0 bridgehead atoms. The van der Waals surface area contributed by atoms with Gasteiger partial charge < -0.3 is 4.42 Å². The predicted molar refractivity (Wildman–Crippen MR) is 72.2 cm³/mol. The monoisotopic (exact) mass is 278 g/mol. The molecule has 0 aliphatic carbocycles. The third-order valence-electron chi connectivity index (χ3n) is 2.58. The van der Waals surface area contributed by atoms with Gasteiger partial charge in [-0.1, -0.05) is 17.4 Å². The lowest BCUT2D eigenvalue weighted by atomic mass is 10.4. The van der Waals surface area contributed by atoms with E-state index in [0.29, 0.717) is 12.4 Å². The van der Waals surface area contributed by atoms with E-state index in [9.17, 15) is 4.79 Å². The number of rotatable bonds is 3. The molecular formula is C12H10N2O2S2. The molecule has 0 spiro atoms. The minimum atomic E-state index is 0.0353. The maximum absolute atomic E-state index is 11.6. The average molecular weight is 278 g/mol. The highest BCUT2D eigenvalue weighted by molar-refractivity contribution is 7.13. The van der Waals surface area contributed by atoms with Gasteiger partial charge in [0, 0.05) is 11.1 Å². The summed E-state index contributed by atoms with van der Waals surface area (Å²) in [4.78, 5) is 17.0. The number of hydrogen-bond acceptors (Lipinski definition) is 5. The number of thiophene rings is 1. The predicted octanol–water partition coefficient (Wildman–Crippen LogP) is 2.98. The van der Waals surface area contributed by atoms with Gasteiger partial charge >= 0.3 is 4.87 Å². The molecule has 0 N–H and O–H groups in total. The number of aryl methyl sites for hydroxylation is 1. The largest absolute Gasteiger partial charge is 0.443 e. The van der Waals surface area contributed by atoms with E-state index in [0.717, 1.165) is 16.3 Å². The number of aromatic nitrogens is 2. The molecule has 3 heterocycles. The van der Waals surface area contributed by atoms with Crippen LogP contribution in [-0.4, -0.2) is 9.55 Å². The molecule has 6 heteroatoms. The fourth-order valence-corrected chi connectivity index (χ4v) is 3.04. The molecule has 0 unspecified atom stereocenters. The lowest BCUT2D eigenvalue weighted by Crippen LogP contribution is -2.15. The van der Waals surface area contributed by atoms with Crippen molar-refractivity contribution in [1.29, 1.82) is 0 Å². The standard InChI is InChI=1S/C12H10N2O2S2/c1-8-7-18-12(15)14(8)5-9-6-16-11(13-9)10-3-2-4-17-10/h2-4,6-7H,5H2,1H3. The summed E-state index contributed by atoms with van der Waals surface area (Å²) in [5, 5.41) is 3.83. The molecule has 3 aromatic heterocycles. The number of hydrogen-bond donors (Lipinski definition) is 0. The van der Waals surface area contributed by atoms with Crippen LogP contribution in [0.4, 0.5) is 0 Å². The Morgan fingerprint density at radius 1 is 1.44 bits per heavy atom. The van der Waals surface area contributed by atoms with E-state index in [4.69, 9.17) is 4.42 Å². The van der Waals surface area contributed by atoms with Crippen LogP contribution in [0.5, 0.6) is 0 Å². The van der Waals surface area contributed by atoms with Crippen LogP contribution >= 0.6 is 22.7 Å². The summed E-state index contributed by atoms with van der Waals surface area (Å²) in [7, 11) is 0. The summed E-state index contributed by atoms with van der Waals surface area (Å²) < 4.78 is 7.12. The highest BCUT2D eigenvalue weighted by Gasteiger charge is 2.10. The van der Waals surface area contributed by atoms with Gasteiger partial charge in [0.25, 0.3) is 0 Å². The topological polar surface area (TPSA) is 48.0 Å². The highest BCUT2D eigenvalue weighted by Crippen LogP contribution is 2.23. The maximum Gasteiger partial charge on any atom is 0.307 e.